The molecule has 0 unspecified atom stereocenters. The number of anilines is 1. The summed E-state index contributed by atoms with van der Waals surface area (Å²) in [6.07, 6.45) is 2.06. The van der Waals surface area contributed by atoms with Crippen molar-refractivity contribution in [2.24, 2.45) is 5.41 Å². The van der Waals surface area contributed by atoms with Crippen molar-refractivity contribution in [3.05, 3.63) is 52.7 Å². The van der Waals surface area contributed by atoms with Gasteiger partial charge >= 0.3 is 0 Å². The average Bonchev–Trinajstić information content (AvgIpc) is 3.12. The maximum atomic E-state index is 16.1. The number of pyridine rings is 1. The molecule has 0 aliphatic heterocycles. The highest BCUT2D eigenvalue weighted by Gasteiger charge is 2.73. The molecule has 8 rings (SSSR count). The molecule has 0 spiro atoms. The van der Waals surface area contributed by atoms with Gasteiger partial charge in [0.1, 0.15) is 29.2 Å². The molecule has 4 aliphatic carbocycles. The van der Waals surface area contributed by atoms with Crippen LogP contribution in [0.3, 0.4) is 0 Å². The molecule has 1 aromatic carbocycles. The highest BCUT2D eigenvalue weighted by atomic mass is 19.3. The van der Waals surface area contributed by atoms with Crippen molar-refractivity contribution in [2.45, 2.75) is 62.5 Å². The fraction of sp³-hybridized carbons (Fsp3) is 0.440. The van der Waals surface area contributed by atoms with Crippen LogP contribution in [0, 0.1) is 11.2 Å². The molecular weight excluding hydrogens is 473 g/mol. The van der Waals surface area contributed by atoms with Gasteiger partial charge < -0.3 is 15.4 Å². The van der Waals surface area contributed by atoms with Crippen molar-refractivity contribution < 1.29 is 18.3 Å². The normalized spacial score (nSPS) is 30.9. The summed E-state index contributed by atoms with van der Waals surface area (Å²) in [5.74, 6) is -0.196. The highest BCUT2D eigenvalue weighted by molar-refractivity contribution is 5.92. The van der Waals surface area contributed by atoms with Crippen LogP contribution < -0.4 is 11.3 Å². The second-order valence-electron chi connectivity index (χ2n) is 11.1. The Morgan fingerprint density at radius 3 is 2.58 bits per heavy atom. The number of halogens is 3. The summed E-state index contributed by atoms with van der Waals surface area (Å²) < 4.78 is 45.8. The van der Waals surface area contributed by atoms with Crippen LogP contribution >= 0.6 is 0 Å². The number of fused-ring (bicyclic) bond motifs is 2. The van der Waals surface area contributed by atoms with E-state index in [0.29, 0.717) is 29.6 Å². The summed E-state index contributed by atoms with van der Waals surface area (Å²) in [7, 11) is 0. The van der Waals surface area contributed by atoms with E-state index in [1.165, 1.54) is 15.4 Å². The maximum Gasteiger partial charge on any atom is 0.261 e. The minimum Gasteiger partial charge on any atom is -0.390 e. The first-order chi connectivity index (χ1) is 17.0. The predicted octanol–water partition coefficient (Wildman–Crippen LogP) is 3.60. The number of aliphatic hydroxyl groups is 1. The predicted molar refractivity (Wildman–Crippen MR) is 125 cm³/mol. The first-order valence-electron chi connectivity index (χ1n) is 11.9. The third-order valence-electron chi connectivity index (χ3n) is 8.51. The van der Waals surface area contributed by atoms with Crippen LogP contribution in [-0.4, -0.2) is 41.3 Å². The van der Waals surface area contributed by atoms with Gasteiger partial charge in [0.2, 0.25) is 6.43 Å². The smallest absolute Gasteiger partial charge is 0.261 e. The zero-order valence-electron chi connectivity index (χ0n) is 19.4. The number of nitrogens with two attached hydrogens (primary N) is 1. The lowest BCUT2D eigenvalue weighted by Crippen LogP contribution is -2.71. The molecule has 0 saturated heterocycles. The van der Waals surface area contributed by atoms with E-state index in [2.05, 4.69) is 15.1 Å². The van der Waals surface area contributed by atoms with Gasteiger partial charge in [0.05, 0.1) is 11.0 Å². The number of alkyl halides is 2. The van der Waals surface area contributed by atoms with Gasteiger partial charge in [-0.2, -0.15) is 5.10 Å². The lowest BCUT2D eigenvalue weighted by atomic mass is 9.39. The standard InChI is InChI=1S/C25H23F3N6O2/c1-23(36)6-13(7-23)20-32-17(18-19(29)30-11-31-34(18)20)14-3-2-12-4-5-33(21(35)15(12)16(14)26)25-8-24(9-25,10-25)22(27)28/h2-5,11,13,22,36H,6-10H2,1H3,(H2,29,30,31). The maximum absolute atomic E-state index is 16.1. The Labute approximate surface area is 202 Å². The first kappa shape index (κ1) is 21.8. The summed E-state index contributed by atoms with van der Waals surface area (Å²) in [6, 6.07) is 4.83. The second kappa shape index (κ2) is 6.64. The molecule has 0 atom stereocenters. The van der Waals surface area contributed by atoms with E-state index in [9.17, 15) is 18.7 Å². The van der Waals surface area contributed by atoms with Crippen LogP contribution in [0.1, 0.15) is 50.8 Å². The lowest BCUT2D eigenvalue weighted by molar-refractivity contribution is -0.254. The fourth-order valence-corrected chi connectivity index (χ4v) is 6.76. The Balaban J connectivity index is 1.38. The van der Waals surface area contributed by atoms with Gasteiger partial charge in [0, 0.05) is 28.6 Å². The molecule has 186 valence electrons. The minimum atomic E-state index is -2.42. The van der Waals surface area contributed by atoms with Gasteiger partial charge in [0.25, 0.3) is 5.56 Å². The van der Waals surface area contributed by atoms with E-state index in [1.54, 1.807) is 31.3 Å². The quantitative estimate of drug-likeness (QED) is 0.447. The molecule has 3 heterocycles. The molecule has 4 aromatic rings. The Kier molecular flexibility index (Phi) is 4.02. The average molecular weight is 496 g/mol. The molecule has 4 saturated carbocycles. The van der Waals surface area contributed by atoms with E-state index in [0.717, 1.165) is 0 Å². The first-order valence-corrected chi connectivity index (χ1v) is 11.9. The fourth-order valence-electron chi connectivity index (χ4n) is 6.76. The van der Waals surface area contributed by atoms with Gasteiger partial charge in [-0.25, -0.2) is 27.7 Å². The number of nitrogens with zero attached hydrogens (tertiary/aromatic N) is 5. The Morgan fingerprint density at radius 2 is 1.92 bits per heavy atom. The van der Waals surface area contributed by atoms with Crippen LogP contribution in [0.25, 0.3) is 27.5 Å². The van der Waals surface area contributed by atoms with Crippen molar-refractivity contribution in [3.8, 4) is 11.3 Å². The van der Waals surface area contributed by atoms with Gasteiger partial charge in [-0.05, 0) is 56.5 Å². The number of rotatable bonds is 4. The van der Waals surface area contributed by atoms with E-state index >= 15 is 4.39 Å². The highest BCUT2D eigenvalue weighted by Crippen LogP contribution is 2.73. The molecule has 36 heavy (non-hydrogen) atoms. The molecule has 11 heteroatoms. The SMILES string of the molecule is CC1(O)CC(c2nc(-c3ccc4ccn(C56CC(C(F)F)(C5)C6)c(=O)c4c3F)c3c(N)ncnn23)C1. The van der Waals surface area contributed by atoms with Crippen molar-refractivity contribution in [3.63, 3.8) is 0 Å². The van der Waals surface area contributed by atoms with Crippen LogP contribution in [0.2, 0.25) is 0 Å². The number of aromatic nitrogens is 5. The minimum absolute atomic E-state index is 0.0790. The largest absolute Gasteiger partial charge is 0.390 e. The Bertz CT molecular complexity index is 1630. The van der Waals surface area contributed by atoms with Gasteiger partial charge in [-0.15, -0.1) is 0 Å². The molecular formula is C25H23F3N6O2. The van der Waals surface area contributed by atoms with Gasteiger partial charge in [-0.1, -0.05) is 6.07 Å². The van der Waals surface area contributed by atoms with Crippen molar-refractivity contribution in [1.29, 1.82) is 0 Å². The van der Waals surface area contributed by atoms with E-state index in [1.807, 2.05) is 0 Å². The lowest BCUT2D eigenvalue weighted by Gasteiger charge is -2.70. The molecule has 0 amide bonds. The van der Waals surface area contributed by atoms with Crippen LogP contribution in [0.5, 0.6) is 0 Å². The zero-order valence-corrected chi connectivity index (χ0v) is 19.4. The van der Waals surface area contributed by atoms with Crippen LogP contribution in [-0.2, 0) is 5.54 Å². The third-order valence-corrected chi connectivity index (χ3v) is 8.51. The number of hydrogen-bond acceptors (Lipinski definition) is 6. The van der Waals surface area contributed by atoms with Crippen molar-refractivity contribution in [1.82, 2.24) is 24.1 Å². The molecule has 4 fully saturated rings. The Hall–Kier alpha value is -3.47. The van der Waals surface area contributed by atoms with Gasteiger partial charge in [0.15, 0.2) is 5.82 Å². The number of benzene rings is 1. The molecule has 8 nitrogen and oxygen atoms in total. The summed E-state index contributed by atoms with van der Waals surface area (Å²) >= 11 is 0. The van der Waals surface area contributed by atoms with E-state index in [-0.39, 0.29) is 47.6 Å². The summed E-state index contributed by atoms with van der Waals surface area (Å²) in [4.78, 5) is 22.2. The third kappa shape index (κ3) is 2.63. The monoisotopic (exact) mass is 496 g/mol. The van der Waals surface area contributed by atoms with Crippen LogP contribution in [0.15, 0.2) is 35.5 Å². The molecule has 4 aliphatic rings. The Morgan fingerprint density at radius 1 is 1.19 bits per heavy atom. The second-order valence-corrected chi connectivity index (χ2v) is 11.1. The van der Waals surface area contributed by atoms with Crippen molar-refractivity contribution in [2.75, 3.05) is 5.73 Å². The zero-order chi connectivity index (χ0) is 25.2. The molecule has 0 radical (unpaired) electrons. The number of hydrogen-bond donors (Lipinski definition) is 2. The number of nitrogen functional groups attached to an aromatic ring is 1. The summed E-state index contributed by atoms with van der Waals surface area (Å²) in [6.45, 7) is 1.74. The van der Waals surface area contributed by atoms with E-state index in [4.69, 9.17) is 5.73 Å². The molecule has 3 aromatic heterocycles. The van der Waals surface area contributed by atoms with Crippen LogP contribution in [0.4, 0.5) is 19.0 Å². The van der Waals surface area contributed by atoms with Crippen molar-refractivity contribution >= 4 is 22.1 Å². The van der Waals surface area contributed by atoms with E-state index < -0.39 is 34.4 Å². The molecule has 3 N–H and O–H groups in total. The topological polar surface area (TPSA) is 111 Å². The number of imidazole rings is 1. The molecule has 2 bridgehead atoms. The summed E-state index contributed by atoms with van der Waals surface area (Å²) in [5.41, 5.74) is 3.74. The van der Waals surface area contributed by atoms with Gasteiger partial charge in [-0.3, -0.25) is 4.79 Å². The summed E-state index contributed by atoms with van der Waals surface area (Å²) in [5, 5.41) is 14.8.